The predicted molar refractivity (Wildman–Crippen MR) is 75.2 cm³/mol. The summed E-state index contributed by atoms with van der Waals surface area (Å²) in [7, 11) is 0. The van der Waals surface area contributed by atoms with Crippen LogP contribution in [0.1, 0.15) is 43.2 Å². The maximum atomic E-state index is 3.86. The van der Waals surface area contributed by atoms with Crippen molar-refractivity contribution in [3.63, 3.8) is 0 Å². The second-order valence-electron chi connectivity index (χ2n) is 5.00. The molecular weight excluding hydrogens is 206 g/mol. The SMILES string of the molecule is C=Cc1cccc(C(CC)C2CCCNC2)c1. The van der Waals surface area contributed by atoms with Gasteiger partial charge in [0.1, 0.15) is 0 Å². The number of hydrogen-bond acceptors (Lipinski definition) is 1. The summed E-state index contributed by atoms with van der Waals surface area (Å²) < 4.78 is 0. The summed E-state index contributed by atoms with van der Waals surface area (Å²) in [6.07, 6.45) is 5.86. The fourth-order valence-electron chi connectivity index (χ4n) is 2.98. The van der Waals surface area contributed by atoms with Crippen LogP contribution in [-0.4, -0.2) is 13.1 Å². The van der Waals surface area contributed by atoms with Gasteiger partial charge in [-0.15, -0.1) is 0 Å². The Morgan fingerprint density at radius 1 is 1.53 bits per heavy atom. The van der Waals surface area contributed by atoms with Crippen LogP contribution in [0.4, 0.5) is 0 Å². The monoisotopic (exact) mass is 229 g/mol. The minimum Gasteiger partial charge on any atom is -0.316 e. The van der Waals surface area contributed by atoms with Crippen LogP contribution >= 0.6 is 0 Å². The summed E-state index contributed by atoms with van der Waals surface area (Å²) in [4.78, 5) is 0. The van der Waals surface area contributed by atoms with E-state index in [1.807, 2.05) is 6.08 Å². The van der Waals surface area contributed by atoms with Crippen LogP contribution in [0.2, 0.25) is 0 Å². The van der Waals surface area contributed by atoms with E-state index < -0.39 is 0 Å². The highest BCUT2D eigenvalue weighted by molar-refractivity contribution is 5.48. The molecule has 1 aromatic carbocycles. The van der Waals surface area contributed by atoms with Crippen LogP contribution in [-0.2, 0) is 0 Å². The van der Waals surface area contributed by atoms with Gasteiger partial charge in [0, 0.05) is 0 Å². The van der Waals surface area contributed by atoms with Crippen LogP contribution in [0.15, 0.2) is 30.8 Å². The first-order valence-electron chi connectivity index (χ1n) is 6.78. The number of nitrogens with one attached hydrogen (secondary N) is 1. The number of benzene rings is 1. The van der Waals surface area contributed by atoms with Gasteiger partial charge in [0.25, 0.3) is 0 Å². The highest BCUT2D eigenvalue weighted by Crippen LogP contribution is 2.32. The Hall–Kier alpha value is -1.08. The van der Waals surface area contributed by atoms with E-state index in [0.29, 0.717) is 5.92 Å². The van der Waals surface area contributed by atoms with Gasteiger partial charge in [-0.2, -0.15) is 0 Å². The van der Waals surface area contributed by atoms with Gasteiger partial charge in [-0.1, -0.05) is 43.8 Å². The zero-order valence-electron chi connectivity index (χ0n) is 10.8. The summed E-state index contributed by atoms with van der Waals surface area (Å²) in [5, 5.41) is 3.53. The first kappa shape index (κ1) is 12.4. The molecule has 1 saturated heterocycles. The first-order chi connectivity index (χ1) is 8.35. The topological polar surface area (TPSA) is 12.0 Å². The van der Waals surface area contributed by atoms with Gasteiger partial charge in [0.05, 0.1) is 0 Å². The highest BCUT2D eigenvalue weighted by Gasteiger charge is 2.23. The minimum atomic E-state index is 0.697. The van der Waals surface area contributed by atoms with Crippen molar-refractivity contribution in [2.24, 2.45) is 5.92 Å². The van der Waals surface area contributed by atoms with Crippen molar-refractivity contribution in [3.05, 3.63) is 42.0 Å². The fraction of sp³-hybridized carbons (Fsp3) is 0.500. The Morgan fingerprint density at radius 3 is 3.06 bits per heavy atom. The molecule has 1 heteroatoms. The fourth-order valence-corrected chi connectivity index (χ4v) is 2.98. The lowest BCUT2D eigenvalue weighted by molar-refractivity contribution is 0.316. The molecule has 0 amide bonds. The van der Waals surface area contributed by atoms with E-state index in [-0.39, 0.29) is 0 Å². The predicted octanol–water partition coefficient (Wildman–Crippen LogP) is 3.82. The molecule has 2 unspecified atom stereocenters. The molecule has 0 radical (unpaired) electrons. The molecule has 0 spiro atoms. The molecule has 17 heavy (non-hydrogen) atoms. The number of hydrogen-bond donors (Lipinski definition) is 1. The van der Waals surface area contributed by atoms with Crippen LogP contribution in [0.5, 0.6) is 0 Å². The van der Waals surface area contributed by atoms with Gasteiger partial charge in [-0.25, -0.2) is 0 Å². The Kier molecular flexibility index (Phi) is 4.38. The largest absolute Gasteiger partial charge is 0.316 e. The molecule has 92 valence electrons. The van der Waals surface area contributed by atoms with Crippen molar-refractivity contribution in [3.8, 4) is 0 Å². The molecule has 1 nitrogen and oxygen atoms in total. The van der Waals surface area contributed by atoms with Crippen molar-refractivity contribution < 1.29 is 0 Å². The van der Waals surface area contributed by atoms with Crippen LogP contribution in [0.25, 0.3) is 6.08 Å². The second-order valence-corrected chi connectivity index (χ2v) is 5.00. The Balaban J connectivity index is 2.17. The highest BCUT2D eigenvalue weighted by atomic mass is 14.9. The van der Waals surface area contributed by atoms with Crippen molar-refractivity contribution in [1.82, 2.24) is 5.32 Å². The maximum absolute atomic E-state index is 3.86. The smallest absolute Gasteiger partial charge is 0.00147 e. The molecule has 1 N–H and O–H groups in total. The van der Waals surface area contributed by atoms with Gasteiger partial charge in [-0.3, -0.25) is 0 Å². The van der Waals surface area contributed by atoms with E-state index in [2.05, 4.69) is 43.1 Å². The molecule has 0 aromatic heterocycles. The lowest BCUT2D eigenvalue weighted by atomic mass is 9.79. The first-order valence-corrected chi connectivity index (χ1v) is 6.78. The zero-order valence-corrected chi connectivity index (χ0v) is 10.8. The molecule has 0 bridgehead atoms. The number of piperidine rings is 1. The Morgan fingerprint density at radius 2 is 2.41 bits per heavy atom. The summed E-state index contributed by atoms with van der Waals surface area (Å²) in [5.74, 6) is 1.50. The summed E-state index contributed by atoms with van der Waals surface area (Å²) in [6, 6.07) is 8.86. The molecule has 1 aliphatic heterocycles. The molecule has 1 aliphatic rings. The molecular formula is C16H23N. The lowest BCUT2D eigenvalue weighted by Crippen LogP contribution is -2.33. The van der Waals surface area contributed by atoms with Crippen molar-refractivity contribution in [2.45, 2.75) is 32.1 Å². The van der Waals surface area contributed by atoms with Crippen molar-refractivity contribution in [1.29, 1.82) is 0 Å². The summed E-state index contributed by atoms with van der Waals surface area (Å²) in [6.45, 7) is 8.53. The molecule has 1 heterocycles. The average Bonchev–Trinajstić information content (AvgIpc) is 2.41. The normalized spacial score (nSPS) is 22.1. The van der Waals surface area contributed by atoms with Crippen molar-refractivity contribution >= 4 is 6.08 Å². The van der Waals surface area contributed by atoms with Crippen LogP contribution in [0, 0.1) is 5.92 Å². The summed E-state index contributed by atoms with van der Waals surface area (Å²) in [5.41, 5.74) is 2.73. The molecule has 2 rings (SSSR count). The Bertz CT molecular complexity index is 364. The molecule has 1 aromatic rings. The van der Waals surface area contributed by atoms with Gasteiger partial charge >= 0.3 is 0 Å². The quantitative estimate of drug-likeness (QED) is 0.827. The number of rotatable bonds is 4. The third-order valence-electron chi connectivity index (χ3n) is 3.92. The molecule has 2 atom stereocenters. The van der Waals surface area contributed by atoms with Crippen molar-refractivity contribution in [2.75, 3.05) is 13.1 Å². The van der Waals surface area contributed by atoms with E-state index in [9.17, 15) is 0 Å². The second kappa shape index (κ2) is 6.02. The van der Waals surface area contributed by atoms with Crippen LogP contribution < -0.4 is 5.32 Å². The Labute approximate surface area is 105 Å². The summed E-state index contributed by atoms with van der Waals surface area (Å²) >= 11 is 0. The van der Waals surface area contributed by atoms with E-state index in [4.69, 9.17) is 0 Å². The molecule has 0 aliphatic carbocycles. The maximum Gasteiger partial charge on any atom is -0.00147 e. The minimum absolute atomic E-state index is 0.697. The van der Waals surface area contributed by atoms with E-state index in [0.717, 1.165) is 5.92 Å². The van der Waals surface area contributed by atoms with Gasteiger partial charge in [-0.05, 0) is 55.3 Å². The van der Waals surface area contributed by atoms with Gasteiger partial charge < -0.3 is 5.32 Å². The zero-order chi connectivity index (χ0) is 12.1. The van der Waals surface area contributed by atoms with Gasteiger partial charge in [0.15, 0.2) is 0 Å². The third kappa shape index (κ3) is 2.98. The van der Waals surface area contributed by atoms with E-state index in [1.54, 1.807) is 0 Å². The average molecular weight is 229 g/mol. The molecule has 1 fully saturated rings. The van der Waals surface area contributed by atoms with E-state index in [1.165, 1.54) is 43.5 Å². The third-order valence-corrected chi connectivity index (χ3v) is 3.92. The molecule has 0 saturated carbocycles. The lowest BCUT2D eigenvalue weighted by Gasteiger charge is -2.30. The van der Waals surface area contributed by atoms with Crippen LogP contribution in [0.3, 0.4) is 0 Å². The van der Waals surface area contributed by atoms with Gasteiger partial charge in [0.2, 0.25) is 0 Å². The van der Waals surface area contributed by atoms with E-state index >= 15 is 0 Å². The standard InChI is InChI=1S/C16H23N/c1-3-13-7-5-8-14(11-13)16(4-2)15-9-6-10-17-12-15/h3,5,7-8,11,15-17H,1,4,6,9-10,12H2,2H3.